The summed E-state index contributed by atoms with van der Waals surface area (Å²) in [6, 6.07) is 0. The minimum Gasteiger partial charge on any atom is -0.370 e. The van der Waals surface area contributed by atoms with Gasteiger partial charge in [-0.25, -0.2) is 4.99 Å². The van der Waals surface area contributed by atoms with Gasteiger partial charge in [-0.2, -0.15) is 22.0 Å². The lowest BCUT2D eigenvalue weighted by molar-refractivity contribution is 0.519. The van der Waals surface area contributed by atoms with E-state index in [1.165, 1.54) is 18.4 Å². The van der Waals surface area contributed by atoms with Gasteiger partial charge in [0.15, 0.2) is 6.19 Å². The van der Waals surface area contributed by atoms with E-state index in [4.69, 9.17) is 5.26 Å². The molecule has 0 aromatic carbocycles. The highest BCUT2D eigenvalue weighted by molar-refractivity contribution is 7.99. The number of nitrogens with zero attached hydrogens (tertiary/aromatic N) is 4. The molecule has 0 atom stereocenters. The van der Waals surface area contributed by atoms with Crippen LogP contribution in [0, 0.1) is 16.4 Å². The molecule has 3 N–H and O–H groups in total. The number of nitriles is 1. The van der Waals surface area contributed by atoms with E-state index in [1.807, 2.05) is 6.92 Å². The van der Waals surface area contributed by atoms with Crippen LogP contribution in [0.4, 0.5) is 0 Å². The van der Waals surface area contributed by atoms with Crippen molar-refractivity contribution >= 4 is 17.7 Å². The Morgan fingerprint density at radius 1 is 1.63 bits per heavy atom. The van der Waals surface area contributed by atoms with Crippen molar-refractivity contribution in [1.82, 2.24) is 21.0 Å². The Bertz CT molecular complexity index is 415. The first-order valence-corrected chi connectivity index (χ1v) is 6.86. The van der Waals surface area contributed by atoms with Crippen LogP contribution in [0.15, 0.2) is 21.7 Å². The van der Waals surface area contributed by atoms with Gasteiger partial charge in [0, 0.05) is 29.9 Å². The Morgan fingerprint density at radius 3 is 3.00 bits per heavy atom. The molecule has 9 heteroatoms. The Morgan fingerprint density at radius 2 is 2.42 bits per heavy atom. The second-order valence-corrected chi connectivity index (χ2v) is 4.84. The zero-order chi connectivity index (χ0) is 14.1. The van der Waals surface area contributed by atoms with Crippen molar-refractivity contribution in [3.8, 4) is 6.19 Å². The topological polar surface area (TPSA) is 105 Å². The fourth-order valence-electron chi connectivity index (χ4n) is 1.38. The van der Waals surface area contributed by atoms with E-state index in [-0.39, 0.29) is 5.96 Å². The predicted molar refractivity (Wildman–Crippen MR) is 75.8 cm³/mol. The maximum Gasteiger partial charge on any atom is 0.230 e. The molecule has 1 rings (SSSR count). The molecule has 0 bridgehead atoms. The molecule has 1 aliphatic heterocycles. The molecular formula is C10H17N7OS. The average molecular weight is 283 g/mol. The number of nitroso groups, excluding NO2 is 1. The zero-order valence-electron chi connectivity index (χ0n) is 10.9. The molecule has 0 saturated heterocycles. The number of aliphatic imine (C=N–C) groups is 1. The standard InChI is InChI=1S/C10H17N7OS/c1-8-9(15-7-14-8)5-19-4-3-12-10(13-6-11)17(2)16-18/h14-15H,3-5,7H2,1-2H3,(H,12,13). The number of hydrogen-bond acceptors (Lipinski definition) is 7. The highest BCUT2D eigenvalue weighted by Crippen LogP contribution is 2.10. The van der Waals surface area contributed by atoms with Crippen molar-refractivity contribution in [2.24, 2.45) is 10.3 Å². The molecule has 1 heterocycles. The van der Waals surface area contributed by atoms with Crippen LogP contribution in [0.1, 0.15) is 6.92 Å². The van der Waals surface area contributed by atoms with E-state index >= 15 is 0 Å². The van der Waals surface area contributed by atoms with Crippen LogP contribution in [0.3, 0.4) is 0 Å². The van der Waals surface area contributed by atoms with E-state index in [9.17, 15) is 4.91 Å². The third-order valence-corrected chi connectivity index (χ3v) is 3.41. The molecular weight excluding hydrogens is 266 g/mol. The normalized spacial score (nSPS) is 14.5. The van der Waals surface area contributed by atoms with Crippen LogP contribution in [-0.2, 0) is 0 Å². The van der Waals surface area contributed by atoms with E-state index in [1.54, 1.807) is 18.0 Å². The number of hydrogen-bond donors (Lipinski definition) is 3. The third kappa shape index (κ3) is 5.05. The molecule has 0 saturated carbocycles. The maximum atomic E-state index is 10.3. The molecule has 104 valence electrons. The van der Waals surface area contributed by atoms with Gasteiger partial charge in [-0.3, -0.25) is 5.32 Å². The minimum absolute atomic E-state index is 0.161. The van der Waals surface area contributed by atoms with Crippen molar-refractivity contribution in [3.63, 3.8) is 0 Å². The maximum absolute atomic E-state index is 10.3. The molecule has 0 aromatic rings. The first kappa shape index (κ1) is 15.1. The van der Waals surface area contributed by atoms with Crippen molar-refractivity contribution in [1.29, 1.82) is 5.26 Å². The minimum atomic E-state index is 0.161. The van der Waals surface area contributed by atoms with Crippen LogP contribution < -0.4 is 16.0 Å². The Kier molecular flexibility index (Phi) is 6.52. The van der Waals surface area contributed by atoms with E-state index in [2.05, 4.69) is 26.2 Å². The highest BCUT2D eigenvalue weighted by atomic mass is 32.2. The van der Waals surface area contributed by atoms with E-state index in [0.717, 1.165) is 23.2 Å². The molecule has 8 nitrogen and oxygen atoms in total. The van der Waals surface area contributed by atoms with Crippen LogP contribution in [0.5, 0.6) is 0 Å². The van der Waals surface area contributed by atoms with Gasteiger partial charge >= 0.3 is 0 Å². The molecule has 0 radical (unpaired) electrons. The van der Waals surface area contributed by atoms with Gasteiger partial charge in [-0.15, -0.1) is 4.91 Å². The monoisotopic (exact) mass is 283 g/mol. The first-order chi connectivity index (χ1) is 9.19. The second-order valence-electron chi connectivity index (χ2n) is 3.73. The van der Waals surface area contributed by atoms with Crippen molar-refractivity contribution in [2.45, 2.75) is 6.92 Å². The third-order valence-electron chi connectivity index (χ3n) is 2.45. The zero-order valence-corrected chi connectivity index (χ0v) is 11.8. The van der Waals surface area contributed by atoms with Crippen LogP contribution in [0.25, 0.3) is 0 Å². The van der Waals surface area contributed by atoms with Crippen LogP contribution in [0.2, 0.25) is 0 Å². The van der Waals surface area contributed by atoms with Crippen molar-refractivity contribution < 1.29 is 0 Å². The molecule has 0 unspecified atom stereocenters. The molecule has 0 amide bonds. The van der Waals surface area contributed by atoms with Gasteiger partial charge in [0.2, 0.25) is 5.96 Å². The molecule has 1 aliphatic rings. The summed E-state index contributed by atoms with van der Waals surface area (Å²) in [6.07, 6.45) is 1.72. The van der Waals surface area contributed by atoms with Gasteiger partial charge in [0.1, 0.15) is 0 Å². The summed E-state index contributed by atoms with van der Waals surface area (Å²) >= 11 is 1.73. The first-order valence-electron chi connectivity index (χ1n) is 5.70. The Balaban J connectivity index is 2.29. The summed E-state index contributed by atoms with van der Waals surface area (Å²) in [5.74, 6) is 1.84. The molecule has 0 aliphatic carbocycles. The summed E-state index contributed by atoms with van der Waals surface area (Å²) in [4.78, 5) is 14.4. The van der Waals surface area contributed by atoms with E-state index in [0.29, 0.717) is 6.54 Å². The lowest BCUT2D eigenvalue weighted by atomic mass is 10.4. The Labute approximate surface area is 116 Å². The smallest absolute Gasteiger partial charge is 0.230 e. The van der Waals surface area contributed by atoms with Crippen molar-refractivity contribution in [2.75, 3.05) is 31.8 Å². The number of rotatable bonds is 6. The molecule has 0 aromatic heterocycles. The van der Waals surface area contributed by atoms with Gasteiger partial charge in [0.25, 0.3) is 0 Å². The Hall–Kier alpha value is -1.95. The summed E-state index contributed by atoms with van der Waals surface area (Å²) in [6.45, 7) is 3.33. The summed E-state index contributed by atoms with van der Waals surface area (Å²) in [5.41, 5.74) is 2.38. The fraction of sp³-hybridized carbons (Fsp3) is 0.600. The lowest BCUT2D eigenvalue weighted by Gasteiger charge is -2.09. The summed E-state index contributed by atoms with van der Waals surface area (Å²) in [5, 5.41) is 21.0. The number of allylic oxidation sites excluding steroid dienone is 1. The van der Waals surface area contributed by atoms with Gasteiger partial charge in [0.05, 0.1) is 18.5 Å². The summed E-state index contributed by atoms with van der Waals surface area (Å²) < 4.78 is 0. The number of nitrogens with one attached hydrogen (secondary N) is 3. The average Bonchev–Trinajstić information content (AvgIpc) is 2.82. The number of guanidine groups is 1. The van der Waals surface area contributed by atoms with E-state index < -0.39 is 0 Å². The highest BCUT2D eigenvalue weighted by Gasteiger charge is 2.08. The van der Waals surface area contributed by atoms with Crippen LogP contribution >= 0.6 is 11.8 Å². The van der Waals surface area contributed by atoms with Gasteiger partial charge < -0.3 is 10.6 Å². The molecule has 0 spiro atoms. The summed E-state index contributed by atoms with van der Waals surface area (Å²) in [7, 11) is 1.44. The van der Waals surface area contributed by atoms with Gasteiger partial charge in [-0.05, 0) is 6.92 Å². The second kappa shape index (κ2) is 8.20. The van der Waals surface area contributed by atoms with Crippen LogP contribution in [-0.4, -0.2) is 42.7 Å². The van der Waals surface area contributed by atoms with Gasteiger partial charge in [-0.1, -0.05) is 0 Å². The SMILES string of the molecule is CC1=C(CSCCN=C(NC#N)N(C)N=O)NCN1. The largest absolute Gasteiger partial charge is 0.370 e. The predicted octanol–water partition coefficient (Wildman–Crippen LogP) is 0.141. The fourth-order valence-corrected chi connectivity index (χ4v) is 2.27. The van der Waals surface area contributed by atoms with Crippen molar-refractivity contribution in [3.05, 3.63) is 16.3 Å². The number of thioether (sulfide) groups is 1. The lowest BCUT2D eigenvalue weighted by Crippen LogP contribution is -2.32. The molecule has 0 fully saturated rings. The quantitative estimate of drug-likeness (QED) is 0.121. The molecule has 19 heavy (non-hydrogen) atoms.